The summed E-state index contributed by atoms with van der Waals surface area (Å²) in [6.45, 7) is 6.82. The Kier molecular flexibility index (Phi) is 9.44. The summed E-state index contributed by atoms with van der Waals surface area (Å²) < 4.78 is 24.7. The molecule has 222 valence electrons. The summed E-state index contributed by atoms with van der Waals surface area (Å²) in [7, 11) is 0. The van der Waals surface area contributed by atoms with Gasteiger partial charge >= 0.3 is 0 Å². The zero-order valence-corrected chi connectivity index (χ0v) is 24.5. The maximum Gasteiger partial charge on any atom is 0.141 e. The Labute approximate surface area is 255 Å². The van der Waals surface area contributed by atoms with Crippen molar-refractivity contribution in [3.63, 3.8) is 0 Å². The molecule has 0 atom stereocenters. The van der Waals surface area contributed by atoms with Crippen molar-refractivity contribution >= 4 is 34.0 Å². The lowest BCUT2D eigenvalue weighted by atomic mass is 10.1. The molecule has 3 heterocycles. The van der Waals surface area contributed by atoms with Gasteiger partial charge in [0.05, 0.1) is 23.8 Å². The van der Waals surface area contributed by atoms with Gasteiger partial charge in [-0.3, -0.25) is 4.90 Å². The largest absolute Gasteiger partial charge is 0.487 e. The Morgan fingerprint density at radius 3 is 2.77 bits per heavy atom. The van der Waals surface area contributed by atoms with Crippen LogP contribution in [0.25, 0.3) is 22.0 Å². The molecule has 1 aliphatic heterocycles. The fourth-order valence-corrected chi connectivity index (χ4v) is 5.38. The van der Waals surface area contributed by atoms with Crippen LogP contribution < -0.4 is 15.4 Å². The predicted octanol–water partition coefficient (Wildman–Crippen LogP) is 6.55. The highest BCUT2D eigenvalue weighted by Gasteiger charge is 2.11. The zero-order chi connectivity index (χ0) is 29.4. The highest BCUT2D eigenvalue weighted by atomic mass is 35.5. The SMILES string of the molecule is Fc1cccc(COc2ccc(Nc3ncnc4ccc(-c5c[nH]c(CNCCCN6CCOCC6)c5)cc34)cc2Cl)c1. The molecule has 0 radical (unpaired) electrons. The molecular formula is C33H34ClFN6O2. The maximum atomic E-state index is 13.5. The summed E-state index contributed by atoms with van der Waals surface area (Å²) in [5.41, 5.74) is 5.63. The highest BCUT2D eigenvalue weighted by molar-refractivity contribution is 6.32. The predicted molar refractivity (Wildman–Crippen MR) is 168 cm³/mol. The number of hydrogen-bond donors (Lipinski definition) is 3. The number of morpholine rings is 1. The molecule has 3 N–H and O–H groups in total. The number of anilines is 2. The summed E-state index contributed by atoms with van der Waals surface area (Å²) in [5, 5.41) is 8.25. The number of fused-ring (bicyclic) bond motifs is 1. The second-order valence-corrected chi connectivity index (χ2v) is 10.9. The van der Waals surface area contributed by atoms with Crippen LogP contribution in [-0.2, 0) is 17.9 Å². The Bertz CT molecular complexity index is 1670. The van der Waals surface area contributed by atoms with E-state index < -0.39 is 0 Å². The summed E-state index contributed by atoms with van der Waals surface area (Å²) in [6, 6.07) is 20.1. The van der Waals surface area contributed by atoms with E-state index in [1.165, 1.54) is 12.1 Å². The Hall–Kier alpha value is -4.02. The molecule has 0 unspecified atom stereocenters. The highest BCUT2D eigenvalue weighted by Crippen LogP contribution is 2.32. The van der Waals surface area contributed by atoms with Gasteiger partial charge < -0.3 is 25.1 Å². The van der Waals surface area contributed by atoms with E-state index in [2.05, 4.69) is 48.7 Å². The van der Waals surface area contributed by atoms with Crippen molar-refractivity contribution in [2.75, 3.05) is 44.7 Å². The minimum absolute atomic E-state index is 0.218. The molecule has 8 nitrogen and oxygen atoms in total. The lowest BCUT2D eigenvalue weighted by Gasteiger charge is -2.26. The molecule has 1 fully saturated rings. The van der Waals surface area contributed by atoms with E-state index >= 15 is 0 Å². The van der Waals surface area contributed by atoms with Gasteiger partial charge in [-0.05, 0) is 84.7 Å². The topological polar surface area (TPSA) is 87.3 Å². The number of benzene rings is 3. The normalized spacial score (nSPS) is 13.8. The van der Waals surface area contributed by atoms with Crippen LogP contribution in [0.5, 0.6) is 5.75 Å². The number of rotatable bonds is 12. The molecule has 0 aliphatic carbocycles. The van der Waals surface area contributed by atoms with Crippen LogP contribution in [0.1, 0.15) is 17.7 Å². The summed E-state index contributed by atoms with van der Waals surface area (Å²) in [6.07, 6.45) is 4.69. The van der Waals surface area contributed by atoms with Crippen LogP contribution in [0.3, 0.4) is 0 Å². The average molecular weight is 601 g/mol. The van der Waals surface area contributed by atoms with Crippen molar-refractivity contribution in [1.29, 1.82) is 0 Å². The molecule has 5 aromatic rings. The van der Waals surface area contributed by atoms with Gasteiger partial charge in [-0.15, -0.1) is 0 Å². The van der Waals surface area contributed by atoms with E-state index in [4.69, 9.17) is 21.1 Å². The minimum Gasteiger partial charge on any atom is -0.487 e. The third kappa shape index (κ3) is 7.69. The van der Waals surface area contributed by atoms with Crippen molar-refractivity contribution in [2.45, 2.75) is 19.6 Å². The summed E-state index contributed by atoms with van der Waals surface area (Å²) >= 11 is 6.52. The van der Waals surface area contributed by atoms with Gasteiger partial charge in [0.1, 0.15) is 30.3 Å². The first-order chi connectivity index (χ1) is 21.1. The van der Waals surface area contributed by atoms with E-state index in [0.29, 0.717) is 16.6 Å². The zero-order valence-electron chi connectivity index (χ0n) is 23.8. The molecular weight excluding hydrogens is 567 g/mol. The molecule has 2 aromatic heterocycles. The van der Waals surface area contributed by atoms with Crippen LogP contribution in [-0.4, -0.2) is 59.2 Å². The minimum atomic E-state index is -0.299. The van der Waals surface area contributed by atoms with Crippen LogP contribution in [0.4, 0.5) is 15.9 Å². The molecule has 10 heteroatoms. The molecule has 1 aliphatic rings. The molecule has 0 spiro atoms. The molecule has 6 rings (SSSR count). The van der Waals surface area contributed by atoms with Gasteiger partial charge in [0.15, 0.2) is 0 Å². The van der Waals surface area contributed by atoms with Gasteiger partial charge in [0.2, 0.25) is 0 Å². The van der Waals surface area contributed by atoms with Crippen molar-refractivity contribution < 1.29 is 13.9 Å². The lowest BCUT2D eigenvalue weighted by Crippen LogP contribution is -2.37. The van der Waals surface area contributed by atoms with Crippen molar-refractivity contribution in [2.24, 2.45) is 0 Å². The van der Waals surface area contributed by atoms with Crippen molar-refractivity contribution in [3.8, 4) is 16.9 Å². The Balaban J connectivity index is 1.08. The summed E-state index contributed by atoms with van der Waals surface area (Å²) in [4.78, 5) is 14.8. The first kappa shape index (κ1) is 29.1. The maximum absolute atomic E-state index is 13.5. The summed E-state index contributed by atoms with van der Waals surface area (Å²) in [5.74, 6) is 0.891. The molecule has 0 saturated carbocycles. The smallest absolute Gasteiger partial charge is 0.141 e. The van der Waals surface area contributed by atoms with E-state index in [1.807, 2.05) is 18.3 Å². The van der Waals surface area contributed by atoms with E-state index in [1.54, 1.807) is 30.6 Å². The molecule has 3 aromatic carbocycles. The van der Waals surface area contributed by atoms with Crippen molar-refractivity contribution in [3.05, 3.63) is 101 Å². The fourth-order valence-electron chi connectivity index (χ4n) is 5.14. The first-order valence-electron chi connectivity index (χ1n) is 14.5. The second kappa shape index (κ2) is 14.0. The third-order valence-corrected chi connectivity index (χ3v) is 7.73. The third-order valence-electron chi connectivity index (χ3n) is 7.44. The van der Waals surface area contributed by atoms with E-state index in [0.717, 1.165) is 91.3 Å². The van der Waals surface area contributed by atoms with Crippen LogP contribution in [0, 0.1) is 5.82 Å². The van der Waals surface area contributed by atoms with Gasteiger partial charge in [0, 0.05) is 42.6 Å². The number of ether oxygens (including phenoxy) is 2. The lowest BCUT2D eigenvalue weighted by molar-refractivity contribution is 0.0374. The number of hydrogen-bond acceptors (Lipinski definition) is 7. The number of nitrogens with one attached hydrogen (secondary N) is 3. The molecule has 43 heavy (non-hydrogen) atoms. The van der Waals surface area contributed by atoms with Crippen molar-refractivity contribution in [1.82, 2.24) is 25.2 Å². The van der Waals surface area contributed by atoms with Crippen LogP contribution in [0.2, 0.25) is 5.02 Å². The van der Waals surface area contributed by atoms with Crippen LogP contribution >= 0.6 is 11.6 Å². The van der Waals surface area contributed by atoms with E-state index in [9.17, 15) is 4.39 Å². The number of halogens is 2. The number of H-pyrrole nitrogens is 1. The fraction of sp³-hybridized carbons (Fsp3) is 0.273. The number of aromatic nitrogens is 3. The number of aromatic amines is 1. The first-order valence-corrected chi connectivity index (χ1v) is 14.9. The Morgan fingerprint density at radius 2 is 1.91 bits per heavy atom. The standard InChI is InChI=1S/C33H34ClFN6O2/c34-30-18-27(6-8-32(30)43-21-23-3-1-4-26(35)15-23)40-33-29-17-24(5-7-31(29)38-22-39-33)25-16-28(37-19-25)20-36-9-2-10-41-11-13-42-14-12-41/h1,3-8,15-19,22,36-37H,2,9-14,20-21H2,(H,38,39,40). The quantitative estimate of drug-likeness (QED) is 0.140. The van der Waals surface area contributed by atoms with Gasteiger partial charge in [0.25, 0.3) is 0 Å². The van der Waals surface area contributed by atoms with Gasteiger partial charge in [-0.2, -0.15) is 0 Å². The van der Waals surface area contributed by atoms with Gasteiger partial charge in [-0.25, -0.2) is 14.4 Å². The monoisotopic (exact) mass is 600 g/mol. The molecule has 1 saturated heterocycles. The second-order valence-electron chi connectivity index (χ2n) is 10.5. The Morgan fingerprint density at radius 1 is 1.00 bits per heavy atom. The van der Waals surface area contributed by atoms with Gasteiger partial charge in [-0.1, -0.05) is 29.8 Å². The number of nitrogens with zero attached hydrogens (tertiary/aromatic N) is 3. The molecule has 0 amide bonds. The molecule has 0 bridgehead atoms. The van der Waals surface area contributed by atoms with E-state index in [-0.39, 0.29) is 12.4 Å². The van der Waals surface area contributed by atoms with Crippen LogP contribution in [0.15, 0.2) is 79.3 Å². The average Bonchev–Trinajstić information content (AvgIpc) is 3.50.